The third-order valence-corrected chi connectivity index (χ3v) is 4.44. The normalized spacial score (nSPS) is 20.0. The Morgan fingerprint density at radius 1 is 1.53 bits per heavy atom. The van der Waals surface area contributed by atoms with Crippen LogP contribution < -0.4 is 0 Å². The Kier molecular flexibility index (Phi) is 4.81. The first kappa shape index (κ1) is 14.3. The number of aromatic nitrogens is 3. The second-order valence-electron chi connectivity index (χ2n) is 4.87. The zero-order chi connectivity index (χ0) is 13.8. The van der Waals surface area contributed by atoms with E-state index in [-0.39, 0.29) is 5.75 Å². The lowest BCUT2D eigenvalue weighted by Crippen LogP contribution is -2.21. The summed E-state index contributed by atoms with van der Waals surface area (Å²) in [6.45, 7) is 8.34. The molecule has 1 saturated heterocycles. The predicted molar refractivity (Wildman–Crippen MR) is 73.3 cm³/mol. The van der Waals surface area contributed by atoms with Crippen molar-refractivity contribution in [3.63, 3.8) is 0 Å². The lowest BCUT2D eigenvalue weighted by atomic mass is 10.1. The maximum atomic E-state index is 10.6. The van der Waals surface area contributed by atoms with Crippen LogP contribution in [0, 0.1) is 12.8 Å². The van der Waals surface area contributed by atoms with Crippen molar-refractivity contribution in [1.29, 1.82) is 0 Å². The molecule has 1 aromatic heterocycles. The van der Waals surface area contributed by atoms with E-state index in [1.807, 2.05) is 6.92 Å². The smallest absolute Gasteiger partial charge is 0.313 e. The molecular formula is C12H20N4O2S. The molecule has 1 aliphatic rings. The van der Waals surface area contributed by atoms with Crippen LogP contribution in [-0.2, 0) is 11.3 Å². The van der Waals surface area contributed by atoms with E-state index >= 15 is 0 Å². The first-order valence-corrected chi connectivity index (χ1v) is 7.55. The van der Waals surface area contributed by atoms with Crippen LogP contribution in [0.4, 0.5) is 0 Å². The molecule has 1 fully saturated rings. The minimum Gasteiger partial charge on any atom is -0.481 e. The van der Waals surface area contributed by atoms with Gasteiger partial charge in [-0.1, -0.05) is 18.7 Å². The molecule has 2 rings (SSSR count). The number of aliphatic carboxylic acids is 1. The molecule has 19 heavy (non-hydrogen) atoms. The third-order valence-electron chi connectivity index (χ3n) is 3.48. The largest absolute Gasteiger partial charge is 0.481 e. The van der Waals surface area contributed by atoms with Crippen LogP contribution in [-0.4, -0.2) is 56.1 Å². The molecular weight excluding hydrogens is 264 g/mol. The summed E-state index contributed by atoms with van der Waals surface area (Å²) >= 11 is 1.24. The Labute approximate surface area is 117 Å². The van der Waals surface area contributed by atoms with Gasteiger partial charge in [-0.15, -0.1) is 10.2 Å². The molecule has 6 nitrogen and oxygen atoms in total. The van der Waals surface area contributed by atoms with Crippen molar-refractivity contribution in [2.24, 2.45) is 5.92 Å². The van der Waals surface area contributed by atoms with Gasteiger partial charge in [0.1, 0.15) is 5.82 Å². The lowest BCUT2D eigenvalue weighted by Gasteiger charge is -2.15. The topological polar surface area (TPSA) is 71.2 Å². The summed E-state index contributed by atoms with van der Waals surface area (Å²) in [4.78, 5) is 13.1. The van der Waals surface area contributed by atoms with Crippen molar-refractivity contribution in [1.82, 2.24) is 19.7 Å². The van der Waals surface area contributed by atoms with E-state index in [9.17, 15) is 4.79 Å². The molecule has 106 valence electrons. The molecule has 0 spiro atoms. The van der Waals surface area contributed by atoms with E-state index in [1.165, 1.54) is 18.2 Å². The van der Waals surface area contributed by atoms with Gasteiger partial charge in [0, 0.05) is 13.1 Å². The second-order valence-corrected chi connectivity index (χ2v) is 5.81. The summed E-state index contributed by atoms with van der Waals surface area (Å²) in [6.07, 6.45) is 1.19. The fourth-order valence-corrected chi connectivity index (χ4v) is 3.13. The number of aryl methyl sites for hydroxylation is 1. The standard InChI is InChI=1S/C12H20N4O2S/c1-3-15-5-4-10(6-15)7-16-9(2)13-14-12(16)19-8-11(17)18/h10H,3-8H2,1-2H3,(H,17,18). The number of carboxylic acid groups (broad SMARTS) is 1. The zero-order valence-electron chi connectivity index (χ0n) is 11.4. The van der Waals surface area contributed by atoms with Gasteiger partial charge in [-0.05, 0) is 32.4 Å². The van der Waals surface area contributed by atoms with E-state index < -0.39 is 5.97 Å². The molecule has 1 aliphatic heterocycles. The van der Waals surface area contributed by atoms with Gasteiger partial charge < -0.3 is 14.6 Å². The average molecular weight is 284 g/mol. The highest BCUT2D eigenvalue weighted by atomic mass is 32.2. The zero-order valence-corrected chi connectivity index (χ0v) is 12.2. The van der Waals surface area contributed by atoms with E-state index in [0.29, 0.717) is 5.92 Å². The van der Waals surface area contributed by atoms with Crippen molar-refractivity contribution < 1.29 is 9.90 Å². The van der Waals surface area contributed by atoms with Crippen LogP contribution in [0.15, 0.2) is 5.16 Å². The van der Waals surface area contributed by atoms with Gasteiger partial charge in [0.05, 0.1) is 5.75 Å². The molecule has 0 radical (unpaired) electrons. The maximum absolute atomic E-state index is 10.6. The fourth-order valence-electron chi connectivity index (χ4n) is 2.41. The monoisotopic (exact) mass is 284 g/mol. The minimum absolute atomic E-state index is 0.0316. The Hall–Kier alpha value is -1.08. The van der Waals surface area contributed by atoms with Gasteiger partial charge in [-0.3, -0.25) is 4.79 Å². The number of nitrogens with zero attached hydrogens (tertiary/aromatic N) is 4. The summed E-state index contributed by atoms with van der Waals surface area (Å²) in [5.41, 5.74) is 0. The summed E-state index contributed by atoms with van der Waals surface area (Å²) in [7, 11) is 0. The number of rotatable bonds is 6. The Morgan fingerprint density at radius 2 is 2.32 bits per heavy atom. The molecule has 1 unspecified atom stereocenters. The Balaban J connectivity index is 1.99. The number of carboxylic acids is 1. The van der Waals surface area contributed by atoms with E-state index in [4.69, 9.17) is 5.11 Å². The summed E-state index contributed by atoms with van der Waals surface area (Å²) in [5, 5.41) is 17.6. The molecule has 2 heterocycles. The number of hydrogen-bond acceptors (Lipinski definition) is 5. The van der Waals surface area contributed by atoms with Crippen LogP contribution in [0.1, 0.15) is 19.2 Å². The highest BCUT2D eigenvalue weighted by Crippen LogP contribution is 2.22. The van der Waals surface area contributed by atoms with Crippen LogP contribution in [0.5, 0.6) is 0 Å². The van der Waals surface area contributed by atoms with Gasteiger partial charge >= 0.3 is 5.97 Å². The summed E-state index contributed by atoms with van der Waals surface area (Å²) < 4.78 is 2.05. The fraction of sp³-hybridized carbons (Fsp3) is 0.750. The van der Waals surface area contributed by atoms with Gasteiger partial charge in [-0.25, -0.2) is 0 Å². The van der Waals surface area contributed by atoms with Gasteiger partial charge in [0.2, 0.25) is 0 Å². The van der Waals surface area contributed by atoms with Crippen LogP contribution in [0.25, 0.3) is 0 Å². The molecule has 1 aromatic rings. The highest BCUT2D eigenvalue weighted by molar-refractivity contribution is 7.99. The molecule has 7 heteroatoms. The predicted octanol–water partition coefficient (Wildman–Crippen LogP) is 1.11. The first-order chi connectivity index (χ1) is 9.10. The Morgan fingerprint density at radius 3 is 2.95 bits per heavy atom. The quantitative estimate of drug-likeness (QED) is 0.789. The molecule has 1 atom stereocenters. The van der Waals surface area contributed by atoms with Gasteiger partial charge in [-0.2, -0.15) is 0 Å². The van der Waals surface area contributed by atoms with E-state index in [0.717, 1.165) is 37.2 Å². The van der Waals surface area contributed by atoms with E-state index in [2.05, 4.69) is 26.6 Å². The number of carbonyl (C=O) groups is 1. The number of likely N-dealkylation sites (tertiary alicyclic amines) is 1. The van der Waals surface area contributed by atoms with Crippen LogP contribution in [0.2, 0.25) is 0 Å². The summed E-state index contributed by atoms with van der Waals surface area (Å²) in [5.74, 6) is 0.682. The molecule has 1 N–H and O–H groups in total. The van der Waals surface area contributed by atoms with Crippen molar-refractivity contribution in [2.45, 2.75) is 32.0 Å². The molecule has 0 amide bonds. The van der Waals surface area contributed by atoms with Crippen LogP contribution in [0.3, 0.4) is 0 Å². The number of thioether (sulfide) groups is 1. The van der Waals surface area contributed by atoms with Crippen molar-refractivity contribution in [3.8, 4) is 0 Å². The Bertz CT molecular complexity index is 449. The minimum atomic E-state index is -0.824. The SMILES string of the molecule is CCN1CCC(Cn2c(C)nnc2SCC(=O)O)C1. The lowest BCUT2D eigenvalue weighted by molar-refractivity contribution is -0.133. The highest BCUT2D eigenvalue weighted by Gasteiger charge is 2.23. The average Bonchev–Trinajstić information content (AvgIpc) is 2.96. The van der Waals surface area contributed by atoms with Crippen LogP contribution >= 0.6 is 11.8 Å². The second kappa shape index (κ2) is 6.38. The molecule has 0 bridgehead atoms. The van der Waals surface area contributed by atoms with Gasteiger partial charge in [0.15, 0.2) is 5.16 Å². The van der Waals surface area contributed by atoms with E-state index in [1.54, 1.807) is 0 Å². The van der Waals surface area contributed by atoms with Crippen molar-refractivity contribution >= 4 is 17.7 Å². The van der Waals surface area contributed by atoms with Crippen molar-refractivity contribution in [2.75, 3.05) is 25.4 Å². The molecule has 0 aliphatic carbocycles. The first-order valence-electron chi connectivity index (χ1n) is 6.57. The summed E-state index contributed by atoms with van der Waals surface area (Å²) in [6, 6.07) is 0. The maximum Gasteiger partial charge on any atom is 0.313 e. The van der Waals surface area contributed by atoms with Gasteiger partial charge in [0.25, 0.3) is 0 Å². The molecule has 0 saturated carbocycles. The molecule has 0 aromatic carbocycles. The number of hydrogen-bond donors (Lipinski definition) is 1. The van der Waals surface area contributed by atoms with Crippen molar-refractivity contribution in [3.05, 3.63) is 5.82 Å². The third kappa shape index (κ3) is 3.70.